The molecule has 0 aromatic carbocycles. The van der Waals surface area contributed by atoms with E-state index in [1.54, 1.807) is 0 Å². The molecule has 0 spiro atoms. The van der Waals surface area contributed by atoms with Gasteiger partial charge in [-0.25, -0.2) is 0 Å². The van der Waals surface area contributed by atoms with Crippen LogP contribution in [0.3, 0.4) is 0 Å². The molecule has 32 heavy (non-hydrogen) atoms. The molecule has 10 heteroatoms. The van der Waals surface area contributed by atoms with Gasteiger partial charge in [0.1, 0.15) is 24.4 Å². The van der Waals surface area contributed by atoms with Crippen molar-refractivity contribution in [1.82, 2.24) is 0 Å². The maximum atomic E-state index is 12.2. The van der Waals surface area contributed by atoms with Gasteiger partial charge in [0, 0.05) is 35.2 Å². The third-order valence-corrected chi connectivity index (χ3v) is 10.6. The first kappa shape index (κ1) is 21.1. The molecule has 4 bridgehead atoms. The van der Waals surface area contributed by atoms with Crippen molar-refractivity contribution in [2.24, 2.45) is 35.5 Å². The van der Waals surface area contributed by atoms with Gasteiger partial charge in [0.05, 0.1) is 24.7 Å². The molecule has 2 saturated heterocycles. The molecular weight excluding hydrogens is 456 g/mol. The van der Waals surface area contributed by atoms with Gasteiger partial charge in [0.2, 0.25) is 0 Å². The second kappa shape index (κ2) is 8.11. The SMILES string of the molecule is O=C(CCSSCCC(=O)OC1C2CC3C(=O)OC1C3C2)OC1C2CC3C(=O)OC1C3C2. The van der Waals surface area contributed by atoms with E-state index in [1.807, 2.05) is 0 Å². The molecule has 4 saturated carbocycles. The first-order chi connectivity index (χ1) is 15.5. The highest BCUT2D eigenvalue weighted by atomic mass is 33.1. The number of ether oxygens (including phenoxy) is 4. The third kappa shape index (κ3) is 3.43. The molecule has 0 radical (unpaired) electrons. The Labute approximate surface area is 193 Å². The summed E-state index contributed by atoms with van der Waals surface area (Å²) in [6, 6.07) is 0. The fourth-order valence-electron chi connectivity index (χ4n) is 6.92. The van der Waals surface area contributed by atoms with Crippen LogP contribution in [0, 0.1) is 35.5 Å². The zero-order valence-corrected chi connectivity index (χ0v) is 19.1. The lowest BCUT2D eigenvalue weighted by atomic mass is 9.88. The summed E-state index contributed by atoms with van der Waals surface area (Å²) < 4.78 is 22.1. The number of hydrogen-bond donors (Lipinski definition) is 0. The van der Waals surface area contributed by atoms with Crippen molar-refractivity contribution < 1.29 is 38.1 Å². The van der Waals surface area contributed by atoms with E-state index in [1.165, 1.54) is 21.6 Å². The molecular formula is C22H26O8S2. The normalized spacial score (nSPS) is 44.1. The van der Waals surface area contributed by atoms with Gasteiger partial charge >= 0.3 is 23.9 Å². The van der Waals surface area contributed by atoms with Crippen molar-refractivity contribution in [3.05, 3.63) is 0 Å². The Hall–Kier alpha value is -1.42. The molecule has 4 aliphatic carbocycles. The Balaban J connectivity index is 0.854. The molecule has 0 aromatic heterocycles. The lowest BCUT2D eigenvalue weighted by Crippen LogP contribution is -2.36. The van der Waals surface area contributed by atoms with Gasteiger partial charge in [-0.05, 0) is 25.7 Å². The number of carbonyl (C=O) groups excluding carboxylic acids is 4. The molecule has 6 fully saturated rings. The van der Waals surface area contributed by atoms with Gasteiger partial charge in [-0.3, -0.25) is 19.2 Å². The zero-order valence-electron chi connectivity index (χ0n) is 17.5. The molecule has 8 nitrogen and oxygen atoms in total. The quantitative estimate of drug-likeness (QED) is 0.210. The number of rotatable bonds is 9. The van der Waals surface area contributed by atoms with Gasteiger partial charge in [-0.2, -0.15) is 0 Å². The predicted molar refractivity (Wildman–Crippen MR) is 113 cm³/mol. The van der Waals surface area contributed by atoms with Crippen LogP contribution in [0.25, 0.3) is 0 Å². The van der Waals surface area contributed by atoms with Crippen LogP contribution in [0.15, 0.2) is 0 Å². The van der Waals surface area contributed by atoms with E-state index in [9.17, 15) is 19.2 Å². The van der Waals surface area contributed by atoms with Gasteiger partial charge < -0.3 is 18.9 Å². The molecule has 6 aliphatic rings. The molecule has 0 N–H and O–H groups in total. The highest BCUT2D eigenvalue weighted by molar-refractivity contribution is 8.76. The van der Waals surface area contributed by atoms with Crippen molar-refractivity contribution in [1.29, 1.82) is 0 Å². The van der Waals surface area contributed by atoms with E-state index < -0.39 is 0 Å². The van der Waals surface area contributed by atoms with E-state index in [0.717, 1.165) is 25.7 Å². The van der Waals surface area contributed by atoms with Gasteiger partial charge in [0.15, 0.2) is 0 Å². The Kier molecular flexibility index (Phi) is 5.36. The van der Waals surface area contributed by atoms with E-state index >= 15 is 0 Å². The second-order valence-electron chi connectivity index (χ2n) is 9.86. The van der Waals surface area contributed by atoms with Gasteiger partial charge in [-0.1, -0.05) is 21.6 Å². The molecule has 10 unspecified atom stereocenters. The zero-order chi connectivity index (χ0) is 22.0. The maximum Gasteiger partial charge on any atom is 0.309 e. The van der Waals surface area contributed by atoms with Crippen LogP contribution in [-0.2, 0) is 38.1 Å². The Morgan fingerprint density at radius 2 is 1.19 bits per heavy atom. The van der Waals surface area contributed by atoms with E-state index in [4.69, 9.17) is 18.9 Å². The van der Waals surface area contributed by atoms with Crippen LogP contribution in [-0.4, -0.2) is 59.8 Å². The van der Waals surface area contributed by atoms with Crippen molar-refractivity contribution in [3.63, 3.8) is 0 Å². The Bertz CT molecular complexity index is 780. The summed E-state index contributed by atoms with van der Waals surface area (Å²) in [6.07, 6.45) is 2.96. The van der Waals surface area contributed by atoms with Crippen LogP contribution < -0.4 is 0 Å². The van der Waals surface area contributed by atoms with Crippen molar-refractivity contribution in [3.8, 4) is 0 Å². The predicted octanol–water partition coefficient (Wildman–Crippen LogP) is 2.13. The molecule has 174 valence electrons. The summed E-state index contributed by atoms with van der Waals surface area (Å²) >= 11 is 0. The Morgan fingerprint density at radius 3 is 1.62 bits per heavy atom. The standard InChI is InChI=1S/C22H26O8S2/c23-15(27-17-9-5-11-13(7-9)21(25)29-19(11)17)1-3-31-32-4-2-16(24)28-18-10-6-12-14(8-10)22(26)30-20(12)18/h9-14,17-20H,1-8H2. The van der Waals surface area contributed by atoms with Crippen LogP contribution in [0.5, 0.6) is 0 Å². The molecule has 2 aliphatic heterocycles. The highest BCUT2D eigenvalue weighted by Crippen LogP contribution is 2.56. The fourth-order valence-corrected chi connectivity index (χ4v) is 8.86. The molecule has 2 heterocycles. The number of esters is 4. The summed E-state index contributed by atoms with van der Waals surface area (Å²) in [5.74, 6) is 1.45. The maximum absolute atomic E-state index is 12.2. The smallest absolute Gasteiger partial charge is 0.309 e. The first-order valence-electron chi connectivity index (χ1n) is 11.5. The minimum atomic E-state index is -0.275. The minimum absolute atomic E-state index is 0.0208. The van der Waals surface area contributed by atoms with Gasteiger partial charge in [-0.15, -0.1) is 0 Å². The average molecular weight is 483 g/mol. The van der Waals surface area contributed by atoms with E-state index in [2.05, 4.69) is 0 Å². The molecule has 6 rings (SSSR count). The van der Waals surface area contributed by atoms with Crippen molar-refractivity contribution >= 4 is 45.5 Å². The van der Waals surface area contributed by atoms with Gasteiger partial charge in [0.25, 0.3) is 0 Å². The second-order valence-corrected chi connectivity index (χ2v) is 12.6. The molecule has 10 atom stereocenters. The van der Waals surface area contributed by atoms with Crippen molar-refractivity contribution in [2.75, 3.05) is 11.5 Å². The largest absolute Gasteiger partial charge is 0.458 e. The summed E-state index contributed by atoms with van der Waals surface area (Å²) in [5, 5.41) is 0. The van der Waals surface area contributed by atoms with Crippen LogP contribution in [0.1, 0.15) is 38.5 Å². The number of carbonyl (C=O) groups is 4. The van der Waals surface area contributed by atoms with E-state index in [0.29, 0.717) is 24.3 Å². The summed E-state index contributed by atoms with van der Waals surface area (Å²) in [6.45, 7) is 0. The summed E-state index contributed by atoms with van der Waals surface area (Å²) in [7, 11) is 3.06. The average Bonchev–Trinajstić information content (AvgIpc) is 3.55. The van der Waals surface area contributed by atoms with Crippen LogP contribution in [0.2, 0.25) is 0 Å². The highest BCUT2D eigenvalue weighted by Gasteiger charge is 2.64. The molecule has 0 aromatic rings. The van der Waals surface area contributed by atoms with Crippen LogP contribution in [0.4, 0.5) is 0 Å². The van der Waals surface area contributed by atoms with Crippen molar-refractivity contribution in [2.45, 2.75) is 62.9 Å². The topological polar surface area (TPSA) is 105 Å². The Morgan fingerprint density at radius 1 is 0.750 bits per heavy atom. The number of hydrogen-bond acceptors (Lipinski definition) is 10. The monoisotopic (exact) mass is 482 g/mol. The van der Waals surface area contributed by atoms with E-state index in [-0.39, 0.29) is 83.8 Å². The third-order valence-electron chi connectivity index (χ3n) is 8.23. The first-order valence-corrected chi connectivity index (χ1v) is 14.0. The summed E-state index contributed by atoms with van der Waals surface area (Å²) in [5.41, 5.74) is 0. The minimum Gasteiger partial charge on any atom is -0.458 e. The number of fused-ring (bicyclic) bond motifs is 2. The fraction of sp³-hybridized carbons (Fsp3) is 0.818. The lowest BCUT2D eigenvalue weighted by molar-refractivity contribution is -0.161. The molecule has 0 amide bonds. The lowest BCUT2D eigenvalue weighted by Gasteiger charge is -2.25. The summed E-state index contributed by atoms with van der Waals surface area (Å²) in [4.78, 5) is 48.0. The van der Waals surface area contributed by atoms with Crippen LogP contribution >= 0.6 is 21.6 Å².